The number of piperidine rings is 1. The van der Waals surface area contributed by atoms with Crippen LogP contribution in [-0.4, -0.2) is 70.1 Å². The summed E-state index contributed by atoms with van der Waals surface area (Å²) in [5.41, 5.74) is 2.43. The van der Waals surface area contributed by atoms with Gasteiger partial charge in [-0.2, -0.15) is 5.10 Å². The van der Waals surface area contributed by atoms with E-state index < -0.39 is 5.60 Å². The van der Waals surface area contributed by atoms with E-state index in [1.54, 1.807) is 12.4 Å². The molecule has 8 heteroatoms. The average Bonchev–Trinajstić information content (AvgIpc) is 3.09. The molecule has 1 fully saturated rings. The fourth-order valence-electron chi connectivity index (χ4n) is 3.89. The number of rotatable bonds is 6. The van der Waals surface area contributed by atoms with Crippen molar-refractivity contribution in [1.29, 1.82) is 0 Å². The molecule has 0 bridgehead atoms. The number of amides is 1. The second-order valence-electron chi connectivity index (χ2n) is 7.99. The number of hydrogen-bond acceptors (Lipinski definition) is 6. The number of benzene rings is 1. The molecule has 0 radical (unpaired) electrons. The number of nitrogens with zero attached hydrogens (tertiary/aromatic N) is 4. The van der Waals surface area contributed by atoms with Crippen molar-refractivity contribution in [3.8, 4) is 11.3 Å². The Kier molecular flexibility index (Phi) is 5.80. The van der Waals surface area contributed by atoms with Crippen LogP contribution in [0.2, 0.25) is 0 Å². The Bertz CT molecular complexity index is 1030. The van der Waals surface area contributed by atoms with Gasteiger partial charge >= 0.3 is 0 Å². The minimum atomic E-state index is -0.813. The fourth-order valence-corrected chi connectivity index (χ4v) is 3.89. The Balaban J connectivity index is 1.73. The summed E-state index contributed by atoms with van der Waals surface area (Å²) < 4.78 is 6.75. The van der Waals surface area contributed by atoms with Gasteiger partial charge in [-0.15, -0.1) is 0 Å². The van der Waals surface area contributed by atoms with E-state index in [-0.39, 0.29) is 12.5 Å². The summed E-state index contributed by atoms with van der Waals surface area (Å²) in [6, 6.07) is 9.55. The SMILES string of the molecule is COCC(=O)Nc1ccc2c(-c3cccnc3)nn(CC3(O)CCN(C)CC3)c2c1. The van der Waals surface area contributed by atoms with Crippen molar-refractivity contribution in [2.24, 2.45) is 0 Å². The van der Waals surface area contributed by atoms with Crippen molar-refractivity contribution in [1.82, 2.24) is 19.7 Å². The molecule has 30 heavy (non-hydrogen) atoms. The molecule has 1 aromatic carbocycles. The molecule has 0 unspecified atom stereocenters. The molecular formula is C22H27N5O3. The quantitative estimate of drug-likeness (QED) is 0.648. The zero-order chi connectivity index (χ0) is 21.1. The molecule has 3 heterocycles. The molecule has 0 atom stereocenters. The second kappa shape index (κ2) is 8.51. The maximum Gasteiger partial charge on any atom is 0.250 e. The third kappa shape index (κ3) is 4.35. The van der Waals surface area contributed by atoms with Crippen LogP contribution < -0.4 is 5.32 Å². The van der Waals surface area contributed by atoms with Gasteiger partial charge < -0.3 is 20.1 Å². The number of pyridine rings is 1. The molecule has 0 saturated carbocycles. The minimum absolute atomic E-state index is 0.00843. The second-order valence-corrected chi connectivity index (χ2v) is 7.99. The number of likely N-dealkylation sites (tertiary alicyclic amines) is 1. The van der Waals surface area contributed by atoms with Crippen molar-refractivity contribution in [3.63, 3.8) is 0 Å². The highest BCUT2D eigenvalue weighted by atomic mass is 16.5. The first kappa shape index (κ1) is 20.5. The van der Waals surface area contributed by atoms with Gasteiger partial charge in [-0.05, 0) is 50.2 Å². The number of carbonyl (C=O) groups is 1. The molecule has 4 rings (SSSR count). The number of ether oxygens (including phenoxy) is 1. The van der Waals surface area contributed by atoms with Gasteiger partial charge in [0.1, 0.15) is 12.3 Å². The number of fused-ring (bicyclic) bond motifs is 1. The number of methoxy groups -OCH3 is 1. The summed E-state index contributed by atoms with van der Waals surface area (Å²) >= 11 is 0. The number of aliphatic hydroxyl groups is 1. The molecule has 2 N–H and O–H groups in total. The summed E-state index contributed by atoms with van der Waals surface area (Å²) in [6.45, 7) is 2.09. The molecule has 1 saturated heterocycles. The predicted molar refractivity (Wildman–Crippen MR) is 115 cm³/mol. The first-order valence-electron chi connectivity index (χ1n) is 10.1. The maximum atomic E-state index is 11.9. The Labute approximate surface area is 175 Å². The lowest BCUT2D eigenvalue weighted by molar-refractivity contribution is -0.119. The first-order valence-corrected chi connectivity index (χ1v) is 10.1. The van der Waals surface area contributed by atoms with Gasteiger partial charge in [0.2, 0.25) is 5.91 Å². The third-order valence-electron chi connectivity index (χ3n) is 5.61. The van der Waals surface area contributed by atoms with Gasteiger partial charge in [0.25, 0.3) is 0 Å². The predicted octanol–water partition coefficient (Wildman–Crippen LogP) is 2.14. The Morgan fingerprint density at radius 2 is 2.10 bits per heavy atom. The molecular weight excluding hydrogens is 382 g/mol. The molecule has 3 aromatic rings. The van der Waals surface area contributed by atoms with Crippen LogP contribution in [0.5, 0.6) is 0 Å². The van der Waals surface area contributed by atoms with E-state index in [4.69, 9.17) is 9.84 Å². The monoisotopic (exact) mass is 409 g/mol. The van der Waals surface area contributed by atoms with Crippen molar-refractivity contribution in [2.45, 2.75) is 25.0 Å². The van der Waals surface area contributed by atoms with E-state index in [2.05, 4.69) is 22.2 Å². The van der Waals surface area contributed by atoms with Crippen LogP contribution in [0, 0.1) is 0 Å². The van der Waals surface area contributed by atoms with E-state index in [0.29, 0.717) is 25.1 Å². The van der Waals surface area contributed by atoms with Crippen molar-refractivity contribution in [3.05, 3.63) is 42.7 Å². The zero-order valence-electron chi connectivity index (χ0n) is 17.3. The molecule has 1 aliphatic rings. The van der Waals surface area contributed by atoms with E-state index in [0.717, 1.165) is 35.2 Å². The molecule has 1 amide bonds. The summed E-state index contributed by atoms with van der Waals surface area (Å²) in [5, 5.41) is 19.8. The highest BCUT2D eigenvalue weighted by Gasteiger charge is 2.32. The first-order chi connectivity index (χ1) is 14.5. The lowest BCUT2D eigenvalue weighted by Crippen LogP contribution is -2.45. The number of aromatic nitrogens is 3. The van der Waals surface area contributed by atoms with Crippen LogP contribution in [0.4, 0.5) is 5.69 Å². The van der Waals surface area contributed by atoms with Crippen molar-refractivity contribution in [2.75, 3.05) is 39.2 Å². The Hall–Kier alpha value is -2.81. The standard InChI is InChI=1S/C22H27N5O3/c1-26-10-7-22(29,8-11-26)15-27-19-12-17(24-20(28)14-30-2)5-6-18(19)21(25-27)16-4-3-9-23-13-16/h3-6,9,12-13,29H,7-8,10-11,14-15H2,1-2H3,(H,24,28). The molecule has 2 aromatic heterocycles. The van der Waals surface area contributed by atoms with Crippen LogP contribution in [0.1, 0.15) is 12.8 Å². The largest absolute Gasteiger partial charge is 0.388 e. The smallest absolute Gasteiger partial charge is 0.250 e. The van der Waals surface area contributed by atoms with Gasteiger partial charge in [0.15, 0.2) is 0 Å². The molecule has 8 nitrogen and oxygen atoms in total. The highest BCUT2D eigenvalue weighted by molar-refractivity contribution is 5.98. The van der Waals surface area contributed by atoms with Crippen molar-refractivity contribution < 1.29 is 14.6 Å². The number of carbonyl (C=O) groups excluding carboxylic acids is 1. The van der Waals surface area contributed by atoms with Gasteiger partial charge in [0.05, 0.1) is 17.7 Å². The third-order valence-corrected chi connectivity index (χ3v) is 5.61. The van der Waals surface area contributed by atoms with Crippen LogP contribution in [0.25, 0.3) is 22.2 Å². The van der Waals surface area contributed by atoms with E-state index in [1.165, 1.54) is 7.11 Å². The Morgan fingerprint density at radius 1 is 1.30 bits per heavy atom. The average molecular weight is 409 g/mol. The van der Waals surface area contributed by atoms with Crippen LogP contribution in [0.15, 0.2) is 42.7 Å². The minimum Gasteiger partial charge on any atom is -0.388 e. The summed E-state index contributed by atoms with van der Waals surface area (Å²) in [4.78, 5) is 18.4. The summed E-state index contributed by atoms with van der Waals surface area (Å²) in [5.74, 6) is -0.218. The van der Waals surface area contributed by atoms with Crippen LogP contribution in [-0.2, 0) is 16.1 Å². The molecule has 1 aliphatic heterocycles. The zero-order valence-corrected chi connectivity index (χ0v) is 17.3. The van der Waals surface area contributed by atoms with Crippen LogP contribution >= 0.6 is 0 Å². The van der Waals surface area contributed by atoms with Crippen LogP contribution in [0.3, 0.4) is 0 Å². The van der Waals surface area contributed by atoms with Crippen molar-refractivity contribution >= 4 is 22.5 Å². The highest BCUT2D eigenvalue weighted by Crippen LogP contribution is 2.32. The van der Waals surface area contributed by atoms with E-state index in [9.17, 15) is 9.90 Å². The topological polar surface area (TPSA) is 92.5 Å². The lowest BCUT2D eigenvalue weighted by atomic mass is 9.91. The lowest BCUT2D eigenvalue weighted by Gasteiger charge is -2.36. The van der Waals surface area contributed by atoms with Gasteiger partial charge in [0, 0.05) is 49.2 Å². The number of hydrogen-bond donors (Lipinski definition) is 2. The number of nitrogens with one attached hydrogen (secondary N) is 1. The van der Waals surface area contributed by atoms with E-state index >= 15 is 0 Å². The fraction of sp³-hybridized carbons (Fsp3) is 0.409. The summed E-state index contributed by atoms with van der Waals surface area (Å²) in [7, 11) is 3.55. The summed E-state index contributed by atoms with van der Waals surface area (Å²) in [6.07, 6.45) is 4.90. The van der Waals surface area contributed by atoms with Gasteiger partial charge in [-0.1, -0.05) is 0 Å². The normalized spacial score (nSPS) is 16.6. The molecule has 0 spiro atoms. The number of anilines is 1. The molecule has 0 aliphatic carbocycles. The van der Waals surface area contributed by atoms with Gasteiger partial charge in [-0.3, -0.25) is 14.5 Å². The maximum absolute atomic E-state index is 11.9. The van der Waals surface area contributed by atoms with Gasteiger partial charge in [-0.25, -0.2) is 0 Å². The van der Waals surface area contributed by atoms with E-state index in [1.807, 2.05) is 35.0 Å². The Morgan fingerprint density at radius 3 is 2.80 bits per heavy atom. The molecule has 158 valence electrons.